The van der Waals surface area contributed by atoms with Crippen molar-refractivity contribution in [2.45, 2.75) is 58.5 Å². The average Bonchev–Trinajstić information content (AvgIpc) is 3.02. The van der Waals surface area contributed by atoms with Gasteiger partial charge in [0, 0.05) is 0 Å². The number of esters is 2. The van der Waals surface area contributed by atoms with Crippen LogP contribution in [0.15, 0.2) is 103 Å². The molecular weight excluding hydrogens is 512 g/mol. The van der Waals surface area contributed by atoms with Gasteiger partial charge in [-0.1, -0.05) is 100 Å². The Morgan fingerprint density at radius 3 is 1.76 bits per heavy atom. The topological polar surface area (TPSA) is 61.8 Å². The minimum atomic E-state index is -0.468. The molecule has 0 spiro atoms. The van der Waals surface area contributed by atoms with Crippen molar-refractivity contribution in [3.05, 3.63) is 120 Å². The Kier molecular flexibility index (Phi) is 11.6. The molecule has 0 saturated carbocycles. The molecule has 0 atom stereocenters. The third-order valence-electron chi connectivity index (χ3n) is 6.84. The molecule has 0 fully saturated rings. The first-order valence-corrected chi connectivity index (χ1v) is 14.5. The molecule has 5 nitrogen and oxygen atoms in total. The second-order valence-electron chi connectivity index (χ2n) is 10.0. The molecule has 5 heteroatoms. The van der Waals surface area contributed by atoms with Crippen LogP contribution < -0.4 is 9.47 Å². The van der Waals surface area contributed by atoms with Crippen LogP contribution in [0, 0.1) is 0 Å². The Labute approximate surface area is 243 Å². The summed E-state index contributed by atoms with van der Waals surface area (Å²) < 4.78 is 16.7. The summed E-state index contributed by atoms with van der Waals surface area (Å²) in [4.78, 5) is 25.0. The zero-order valence-electron chi connectivity index (χ0n) is 23.7. The Bertz CT molecular complexity index is 1340. The molecule has 0 amide bonds. The van der Waals surface area contributed by atoms with Crippen molar-refractivity contribution in [2.24, 2.45) is 0 Å². The van der Waals surface area contributed by atoms with Crippen molar-refractivity contribution in [2.75, 3.05) is 6.61 Å². The third-order valence-corrected chi connectivity index (χ3v) is 6.84. The standard InChI is InChI=1S/C36H38O5/c1-2-3-4-5-6-7-11-26-39-33-22-18-30(19-23-33)29-14-16-32(17-15-29)36(38)41-34-24-20-31(21-25-34)35(37)40-27-28-12-9-8-10-13-28/h8-10,12-25H,2-7,11,26-27H2,1H3. The fourth-order valence-corrected chi connectivity index (χ4v) is 4.42. The molecular formula is C36H38O5. The Morgan fingerprint density at radius 1 is 0.561 bits per heavy atom. The third kappa shape index (κ3) is 9.64. The van der Waals surface area contributed by atoms with E-state index in [1.165, 1.54) is 38.5 Å². The van der Waals surface area contributed by atoms with E-state index in [1.807, 2.05) is 66.7 Å². The van der Waals surface area contributed by atoms with E-state index in [1.54, 1.807) is 36.4 Å². The van der Waals surface area contributed by atoms with E-state index in [0.29, 0.717) is 16.9 Å². The van der Waals surface area contributed by atoms with Crippen LogP contribution in [0.5, 0.6) is 11.5 Å². The zero-order chi connectivity index (χ0) is 28.7. The molecule has 0 saturated heterocycles. The van der Waals surface area contributed by atoms with Gasteiger partial charge in [-0.15, -0.1) is 0 Å². The molecule has 0 aliphatic heterocycles. The van der Waals surface area contributed by atoms with E-state index in [0.717, 1.165) is 35.5 Å². The van der Waals surface area contributed by atoms with Gasteiger partial charge < -0.3 is 14.2 Å². The Morgan fingerprint density at radius 2 is 1.10 bits per heavy atom. The lowest BCUT2D eigenvalue weighted by atomic mass is 10.0. The van der Waals surface area contributed by atoms with Crippen molar-refractivity contribution in [3.63, 3.8) is 0 Å². The summed E-state index contributed by atoms with van der Waals surface area (Å²) in [6.07, 6.45) is 8.85. The molecule has 0 aliphatic rings. The van der Waals surface area contributed by atoms with Crippen LogP contribution >= 0.6 is 0 Å². The van der Waals surface area contributed by atoms with E-state index in [-0.39, 0.29) is 6.61 Å². The number of hydrogen-bond donors (Lipinski definition) is 0. The van der Waals surface area contributed by atoms with Crippen molar-refractivity contribution >= 4 is 11.9 Å². The van der Waals surface area contributed by atoms with Crippen LogP contribution in [0.1, 0.15) is 78.1 Å². The predicted octanol–water partition coefficient (Wildman–Crippen LogP) is 9.06. The highest BCUT2D eigenvalue weighted by Crippen LogP contribution is 2.24. The Hall–Kier alpha value is -4.38. The molecule has 0 aromatic heterocycles. The minimum Gasteiger partial charge on any atom is -0.494 e. The summed E-state index contributed by atoms with van der Waals surface area (Å²) >= 11 is 0. The van der Waals surface area contributed by atoms with Gasteiger partial charge in [0.15, 0.2) is 0 Å². The van der Waals surface area contributed by atoms with E-state index < -0.39 is 11.9 Å². The number of ether oxygens (including phenoxy) is 3. The highest BCUT2D eigenvalue weighted by atomic mass is 16.5. The number of unbranched alkanes of at least 4 members (excludes halogenated alkanes) is 6. The lowest BCUT2D eigenvalue weighted by molar-refractivity contribution is 0.0472. The van der Waals surface area contributed by atoms with Crippen LogP contribution in [0.3, 0.4) is 0 Å². The molecule has 0 radical (unpaired) electrons. The molecule has 0 heterocycles. The molecule has 0 aliphatic carbocycles. The van der Waals surface area contributed by atoms with E-state index in [4.69, 9.17) is 14.2 Å². The van der Waals surface area contributed by atoms with E-state index >= 15 is 0 Å². The van der Waals surface area contributed by atoms with E-state index in [9.17, 15) is 9.59 Å². The number of carbonyl (C=O) groups excluding carboxylic acids is 2. The predicted molar refractivity (Wildman–Crippen MR) is 162 cm³/mol. The molecule has 0 unspecified atom stereocenters. The van der Waals surface area contributed by atoms with Crippen molar-refractivity contribution < 1.29 is 23.8 Å². The summed E-state index contributed by atoms with van der Waals surface area (Å²) in [6.45, 7) is 3.18. The van der Waals surface area contributed by atoms with E-state index in [2.05, 4.69) is 6.92 Å². The van der Waals surface area contributed by atoms with Gasteiger partial charge in [-0.3, -0.25) is 0 Å². The molecule has 212 valence electrons. The maximum atomic E-state index is 12.7. The summed E-state index contributed by atoms with van der Waals surface area (Å²) in [6, 6.07) is 31.2. The maximum absolute atomic E-state index is 12.7. The maximum Gasteiger partial charge on any atom is 0.343 e. The second-order valence-corrected chi connectivity index (χ2v) is 10.0. The smallest absolute Gasteiger partial charge is 0.343 e. The van der Waals surface area contributed by atoms with Crippen molar-refractivity contribution in [3.8, 4) is 22.6 Å². The minimum absolute atomic E-state index is 0.198. The molecule has 4 aromatic carbocycles. The van der Waals surface area contributed by atoms with Gasteiger partial charge in [-0.05, 0) is 71.6 Å². The quantitative estimate of drug-likeness (QED) is 0.0839. The number of benzene rings is 4. The van der Waals surface area contributed by atoms with Gasteiger partial charge >= 0.3 is 11.9 Å². The van der Waals surface area contributed by atoms with Gasteiger partial charge in [-0.25, -0.2) is 9.59 Å². The largest absolute Gasteiger partial charge is 0.494 e. The average molecular weight is 551 g/mol. The SMILES string of the molecule is CCCCCCCCCOc1ccc(-c2ccc(C(=O)Oc3ccc(C(=O)OCc4ccccc4)cc3)cc2)cc1. The highest BCUT2D eigenvalue weighted by Gasteiger charge is 2.12. The fraction of sp³-hybridized carbons (Fsp3) is 0.278. The van der Waals surface area contributed by atoms with Gasteiger partial charge in [0.1, 0.15) is 18.1 Å². The summed E-state index contributed by atoms with van der Waals surface area (Å²) in [5, 5.41) is 0. The lowest BCUT2D eigenvalue weighted by Crippen LogP contribution is -2.09. The van der Waals surface area contributed by atoms with Crippen molar-refractivity contribution in [1.82, 2.24) is 0 Å². The monoisotopic (exact) mass is 550 g/mol. The molecule has 0 N–H and O–H groups in total. The van der Waals surface area contributed by atoms with Gasteiger partial charge in [0.05, 0.1) is 17.7 Å². The number of hydrogen-bond acceptors (Lipinski definition) is 5. The number of rotatable bonds is 15. The zero-order valence-corrected chi connectivity index (χ0v) is 23.7. The van der Waals surface area contributed by atoms with Gasteiger partial charge in [-0.2, -0.15) is 0 Å². The van der Waals surface area contributed by atoms with Crippen molar-refractivity contribution in [1.29, 1.82) is 0 Å². The summed E-state index contributed by atoms with van der Waals surface area (Å²) in [7, 11) is 0. The molecule has 41 heavy (non-hydrogen) atoms. The van der Waals surface area contributed by atoms with Gasteiger partial charge in [0.25, 0.3) is 0 Å². The molecule has 4 aromatic rings. The Balaban J connectivity index is 1.21. The summed E-state index contributed by atoms with van der Waals surface area (Å²) in [5.41, 5.74) is 3.79. The van der Waals surface area contributed by atoms with Crippen LogP contribution in [0.25, 0.3) is 11.1 Å². The number of carbonyl (C=O) groups is 2. The van der Waals surface area contributed by atoms with Gasteiger partial charge in [0.2, 0.25) is 0 Å². The summed E-state index contributed by atoms with van der Waals surface area (Å²) in [5.74, 6) is 0.321. The van der Waals surface area contributed by atoms with Crippen LogP contribution in [-0.2, 0) is 11.3 Å². The highest BCUT2D eigenvalue weighted by molar-refractivity contribution is 5.92. The van der Waals surface area contributed by atoms with Crippen LogP contribution in [-0.4, -0.2) is 18.5 Å². The first kappa shape index (κ1) is 29.6. The normalized spacial score (nSPS) is 10.7. The lowest BCUT2D eigenvalue weighted by Gasteiger charge is -2.09. The second kappa shape index (κ2) is 16.0. The first-order valence-electron chi connectivity index (χ1n) is 14.5. The first-order chi connectivity index (χ1) is 20.1. The van der Waals surface area contributed by atoms with Crippen LogP contribution in [0.2, 0.25) is 0 Å². The fourth-order valence-electron chi connectivity index (χ4n) is 4.42. The molecule has 4 rings (SSSR count). The van der Waals surface area contributed by atoms with Crippen LogP contribution in [0.4, 0.5) is 0 Å². The molecule has 0 bridgehead atoms.